The summed E-state index contributed by atoms with van der Waals surface area (Å²) in [6.07, 6.45) is 1.65. The topological polar surface area (TPSA) is 104 Å². The van der Waals surface area contributed by atoms with E-state index >= 15 is 0 Å². The van der Waals surface area contributed by atoms with Crippen LogP contribution in [0, 0.1) is 0 Å². The van der Waals surface area contributed by atoms with Crippen molar-refractivity contribution in [3.8, 4) is 0 Å². The number of carbonyl (C=O) groups is 1. The lowest BCUT2D eigenvalue weighted by Crippen LogP contribution is -2.16. The normalized spacial score (nSPS) is 11.6. The first-order valence-corrected chi connectivity index (χ1v) is 9.06. The van der Waals surface area contributed by atoms with E-state index in [0.717, 1.165) is 6.20 Å². The zero-order valence-corrected chi connectivity index (χ0v) is 14.1. The fraction of sp³-hybridized carbons (Fsp3) is 0.111. The second kappa shape index (κ2) is 6.18. The van der Waals surface area contributed by atoms with E-state index in [-0.39, 0.29) is 15.2 Å². The van der Waals surface area contributed by atoms with Gasteiger partial charge in [-0.2, -0.15) is 0 Å². The maximum Gasteiger partial charge on any atom is 0.341 e. The molecular formula is C18H15NO5S. The Hall–Kier alpha value is -2.93. The monoisotopic (exact) mass is 357 g/mol. The van der Waals surface area contributed by atoms with Crippen LogP contribution in [0.1, 0.15) is 22.8 Å². The van der Waals surface area contributed by atoms with Crippen molar-refractivity contribution in [2.75, 3.05) is 0 Å². The van der Waals surface area contributed by atoms with Crippen molar-refractivity contribution in [2.45, 2.75) is 23.1 Å². The predicted octanol–water partition coefficient (Wildman–Crippen LogP) is 2.62. The van der Waals surface area contributed by atoms with Crippen molar-refractivity contribution in [3.05, 3.63) is 70.0 Å². The molecule has 2 aromatic carbocycles. The number of fused-ring (bicyclic) bond motifs is 1. The van der Waals surface area contributed by atoms with Gasteiger partial charge in [-0.25, -0.2) is 13.2 Å². The molecule has 128 valence electrons. The molecule has 3 rings (SSSR count). The van der Waals surface area contributed by atoms with E-state index in [1.807, 2.05) is 6.92 Å². The van der Waals surface area contributed by atoms with Gasteiger partial charge in [0.2, 0.25) is 15.3 Å². The van der Waals surface area contributed by atoms with Gasteiger partial charge >= 0.3 is 5.97 Å². The number of H-pyrrole nitrogens is 1. The number of rotatable bonds is 4. The van der Waals surface area contributed by atoms with Gasteiger partial charge in [0.15, 0.2) is 0 Å². The van der Waals surface area contributed by atoms with Crippen LogP contribution < -0.4 is 5.43 Å². The van der Waals surface area contributed by atoms with E-state index in [9.17, 15) is 18.0 Å². The fourth-order valence-electron chi connectivity index (χ4n) is 2.71. The van der Waals surface area contributed by atoms with Crippen molar-refractivity contribution < 1.29 is 18.3 Å². The number of hydrogen-bond donors (Lipinski definition) is 2. The molecule has 0 amide bonds. The molecule has 0 saturated heterocycles. The Morgan fingerprint density at radius 3 is 2.56 bits per heavy atom. The van der Waals surface area contributed by atoms with Crippen LogP contribution in [0.3, 0.4) is 0 Å². The van der Waals surface area contributed by atoms with Gasteiger partial charge in [-0.05, 0) is 36.2 Å². The minimum Gasteiger partial charge on any atom is -0.477 e. The first-order valence-electron chi connectivity index (χ1n) is 7.58. The summed E-state index contributed by atoms with van der Waals surface area (Å²) in [5.74, 6) is -1.37. The molecule has 0 unspecified atom stereocenters. The molecule has 0 saturated carbocycles. The molecule has 0 aliphatic rings. The second-order valence-electron chi connectivity index (χ2n) is 5.51. The van der Waals surface area contributed by atoms with Gasteiger partial charge in [0, 0.05) is 17.1 Å². The standard InChI is InChI=1S/C18H15NO5S/c1-2-11-5-3-4-6-16(11)25(23,24)12-7-8-15-13(9-12)17(20)14(10-19-15)18(21)22/h3-10H,2H2,1H3,(H,19,20)(H,21,22). The lowest BCUT2D eigenvalue weighted by Gasteiger charge is -2.10. The number of pyridine rings is 1. The second-order valence-corrected chi connectivity index (χ2v) is 7.43. The molecule has 25 heavy (non-hydrogen) atoms. The van der Waals surface area contributed by atoms with Crippen LogP contribution >= 0.6 is 0 Å². The van der Waals surface area contributed by atoms with E-state index in [4.69, 9.17) is 5.11 Å². The largest absolute Gasteiger partial charge is 0.477 e. The lowest BCUT2D eigenvalue weighted by atomic mass is 10.1. The number of carboxylic acids is 1. The number of carboxylic acid groups (broad SMARTS) is 1. The molecular weight excluding hydrogens is 342 g/mol. The lowest BCUT2D eigenvalue weighted by molar-refractivity contribution is 0.0695. The summed E-state index contributed by atoms with van der Waals surface area (Å²) in [6, 6.07) is 10.8. The van der Waals surface area contributed by atoms with Crippen LogP contribution in [-0.4, -0.2) is 24.5 Å². The molecule has 6 nitrogen and oxygen atoms in total. The quantitative estimate of drug-likeness (QED) is 0.747. The van der Waals surface area contributed by atoms with Crippen molar-refractivity contribution in [1.29, 1.82) is 0 Å². The number of hydrogen-bond acceptors (Lipinski definition) is 4. The average Bonchev–Trinajstić information content (AvgIpc) is 2.61. The van der Waals surface area contributed by atoms with Gasteiger partial charge < -0.3 is 10.1 Å². The Kier molecular flexibility index (Phi) is 4.18. The van der Waals surface area contributed by atoms with E-state index in [0.29, 0.717) is 17.5 Å². The predicted molar refractivity (Wildman–Crippen MR) is 92.8 cm³/mol. The highest BCUT2D eigenvalue weighted by atomic mass is 32.2. The van der Waals surface area contributed by atoms with Crippen molar-refractivity contribution in [2.24, 2.45) is 0 Å². The number of aromatic amines is 1. The van der Waals surface area contributed by atoms with Crippen molar-refractivity contribution in [1.82, 2.24) is 4.98 Å². The molecule has 1 aromatic heterocycles. The van der Waals surface area contributed by atoms with E-state index in [1.165, 1.54) is 24.3 Å². The minimum atomic E-state index is -3.82. The average molecular weight is 357 g/mol. The summed E-state index contributed by atoms with van der Waals surface area (Å²) in [4.78, 5) is 26.3. The summed E-state index contributed by atoms with van der Waals surface area (Å²) in [5, 5.41) is 9.09. The summed E-state index contributed by atoms with van der Waals surface area (Å²) < 4.78 is 25.9. The zero-order chi connectivity index (χ0) is 18.2. The van der Waals surface area contributed by atoms with Crippen LogP contribution in [0.15, 0.2) is 63.2 Å². The third-order valence-corrected chi connectivity index (χ3v) is 5.89. The number of aromatic carboxylic acids is 1. The maximum atomic E-state index is 13.0. The molecule has 0 fully saturated rings. The van der Waals surface area contributed by atoms with Gasteiger partial charge in [0.25, 0.3) is 0 Å². The number of nitrogens with one attached hydrogen (secondary N) is 1. The molecule has 2 N–H and O–H groups in total. The SMILES string of the molecule is CCc1ccccc1S(=O)(=O)c1ccc2[nH]cc(C(=O)O)c(=O)c2c1. The van der Waals surface area contributed by atoms with Crippen LogP contribution in [-0.2, 0) is 16.3 Å². The van der Waals surface area contributed by atoms with Gasteiger partial charge in [0.05, 0.1) is 9.79 Å². The Balaban J connectivity index is 2.27. The first-order chi connectivity index (χ1) is 11.9. The molecule has 1 heterocycles. The van der Waals surface area contributed by atoms with Crippen LogP contribution in [0.25, 0.3) is 10.9 Å². The number of aryl methyl sites for hydroxylation is 1. The Bertz CT molecular complexity index is 1150. The Morgan fingerprint density at radius 1 is 1.16 bits per heavy atom. The highest BCUT2D eigenvalue weighted by Gasteiger charge is 2.22. The molecule has 0 radical (unpaired) electrons. The first kappa shape index (κ1) is 16.9. The third-order valence-electron chi connectivity index (χ3n) is 4.04. The van der Waals surface area contributed by atoms with Crippen molar-refractivity contribution >= 4 is 26.7 Å². The van der Waals surface area contributed by atoms with Gasteiger partial charge in [-0.1, -0.05) is 25.1 Å². The molecule has 0 aliphatic heterocycles. The van der Waals surface area contributed by atoms with Crippen LogP contribution in [0.4, 0.5) is 0 Å². The Morgan fingerprint density at radius 2 is 1.88 bits per heavy atom. The van der Waals surface area contributed by atoms with E-state index < -0.39 is 26.8 Å². The summed E-state index contributed by atoms with van der Waals surface area (Å²) in [7, 11) is -3.82. The maximum absolute atomic E-state index is 13.0. The highest BCUT2D eigenvalue weighted by molar-refractivity contribution is 7.91. The fourth-order valence-corrected chi connectivity index (χ4v) is 4.30. The van der Waals surface area contributed by atoms with Gasteiger partial charge in [0.1, 0.15) is 5.56 Å². The number of benzene rings is 2. The van der Waals surface area contributed by atoms with Gasteiger partial charge in [-0.15, -0.1) is 0 Å². The zero-order valence-electron chi connectivity index (χ0n) is 13.3. The smallest absolute Gasteiger partial charge is 0.341 e. The van der Waals surface area contributed by atoms with Gasteiger partial charge in [-0.3, -0.25) is 4.79 Å². The van der Waals surface area contributed by atoms with Crippen molar-refractivity contribution in [3.63, 3.8) is 0 Å². The number of aromatic nitrogens is 1. The molecule has 3 aromatic rings. The summed E-state index contributed by atoms with van der Waals surface area (Å²) in [6.45, 7) is 1.86. The summed E-state index contributed by atoms with van der Waals surface area (Å²) >= 11 is 0. The molecule has 7 heteroatoms. The molecule has 0 aliphatic carbocycles. The molecule has 0 bridgehead atoms. The number of sulfone groups is 1. The van der Waals surface area contributed by atoms with E-state index in [1.54, 1.807) is 18.2 Å². The molecule has 0 atom stereocenters. The van der Waals surface area contributed by atoms with E-state index in [2.05, 4.69) is 4.98 Å². The minimum absolute atomic E-state index is 0.0231. The molecule has 0 spiro atoms. The summed E-state index contributed by atoms with van der Waals surface area (Å²) in [5.41, 5.74) is -0.105. The van der Waals surface area contributed by atoms with Crippen LogP contribution in [0.5, 0.6) is 0 Å². The Labute approximate surface area is 143 Å². The van der Waals surface area contributed by atoms with Crippen LogP contribution in [0.2, 0.25) is 0 Å². The third kappa shape index (κ3) is 2.83. The highest BCUT2D eigenvalue weighted by Crippen LogP contribution is 2.26.